The van der Waals surface area contributed by atoms with Crippen molar-refractivity contribution >= 4 is 5.69 Å². The molecule has 2 nitrogen and oxygen atoms in total. The van der Waals surface area contributed by atoms with Gasteiger partial charge in [-0.1, -0.05) is 25.1 Å². The van der Waals surface area contributed by atoms with Crippen LogP contribution < -0.4 is 11.1 Å². The Hall–Kier alpha value is -1.02. The van der Waals surface area contributed by atoms with Gasteiger partial charge in [-0.15, -0.1) is 0 Å². The van der Waals surface area contributed by atoms with E-state index >= 15 is 0 Å². The summed E-state index contributed by atoms with van der Waals surface area (Å²) in [7, 11) is 0. The smallest absolute Gasteiger partial charge is 0.0374 e. The minimum absolute atomic E-state index is 0.389. The van der Waals surface area contributed by atoms with E-state index in [-0.39, 0.29) is 0 Å². The van der Waals surface area contributed by atoms with Gasteiger partial charge in [-0.05, 0) is 43.7 Å². The molecular formula is C14H22N2. The molecule has 0 bridgehead atoms. The van der Waals surface area contributed by atoms with Gasteiger partial charge in [0.25, 0.3) is 0 Å². The number of nitrogens with two attached hydrogens (primary N) is 1. The summed E-state index contributed by atoms with van der Waals surface area (Å²) in [5, 5.41) is 3.65. The van der Waals surface area contributed by atoms with Crippen molar-refractivity contribution in [3.8, 4) is 0 Å². The lowest BCUT2D eigenvalue weighted by Crippen LogP contribution is -2.35. The molecule has 88 valence electrons. The number of benzene rings is 1. The number of rotatable bonds is 3. The van der Waals surface area contributed by atoms with Gasteiger partial charge in [0.1, 0.15) is 0 Å². The summed E-state index contributed by atoms with van der Waals surface area (Å²) in [4.78, 5) is 0. The summed E-state index contributed by atoms with van der Waals surface area (Å²) >= 11 is 0. The second-order valence-corrected chi connectivity index (χ2v) is 4.78. The molecule has 1 aliphatic carbocycles. The van der Waals surface area contributed by atoms with Gasteiger partial charge in [-0.25, -0.2) is 0 Å². The maximum absolute atomic E-state index is 6.01. The van der Waals surface area contributed by atoms with Gasteiger partial charge in [-0.3, -0.25) is 0 Å². The Morgan fingerprint density at radius 2 is 2.12 bits per heavy atom. The van der Waals surface area contributed by atoms with Gasteiger partial charge >= 0.3 is 0 Å². The van der Waals surface area contributed by atoms with E-state index in [1.807, 2.05) is 0 Å². The molecule has 0 heterocycles. The summed E-state index contributed by atoms with van der Waals surface area (Å²) in [6, 6.07) is 9.54. The fraction of sp³-hybridized carbons (Fsp3) is 0.571. The van der Waals surface area contributed by atoms with Gasteiger partial charge < -0.3 is 11.1 Å². The predicted molar refractivity (Wildman–Crippen MR) is 69.7 cm³/mol. The average molecular weight is 218 g/mol. The minimum atomic E-state index is 0.389. The quantitative estimate of drug-likeness (QED) is 0.818. The molecular weight excluding hydrogens is 196 g/mol. The highest BCUT2D eigenvalue weighted by atomic mass is 14.9. The van der Waals surface area contributed by atoms with Crippen LogP contribution in [0.15, 0.2) is 24.3 Å². The number of para-hydroxylation sites is 1. The van der Waals surface area contributed by atoms with Crippen LogP contribution in [0, 0.1) is 0 Å². The first-order chi connectivity index (χ1) is 7.79. The second kappa shape index (κ2) is 5.35. The molecule has 0 spiro atoms. The van der Waals surface area contributed by atoms with Crippen molar-refractivity contribution in [1.82, 2.24) is 0 Å². The molecule has 0 aromatic heterocycles. The van der Waals surface area contributed by atoms with Crippen molar-refractivity contribution in [2.45, 2.75) is 51.1 Å². The van der Waals surface area contributed by atoms with Crippen molar-refractivity contribution in [2.24, 2.45) is 5.73 Å². The van der Waals surface area contributed by atoms with E-state index in [1.54, 1.807) is 0 Å². The number of nitrogens with one attached hydrogen (secondary N) is 1. The Morgan fingerprint density at radius 1 is 1.31 bits per heavy atom. The molecule has 1 aromatic rings. The number of anilines is 1. The van der Waals surface area contributed by atoms with E-state index < -0.39 is 0 Å². The van der Waals surface area contributed by atoms with Gasteiger partial charge in [-0.2, -0.15) is 0 Å². The van der Waals surface area contributed by atoms with E-state index in [0.717, 1.165) is 12.8 Å². The third-order valence-electron chi connectivity index (χ3n) is 3.47. The fourth-order valence-electron chi connectivity index (χ4n) is 2.55. The zero-order chi connectivity index (χ0) is 11.4. The third-order valence-corrected chi connectivity index (χ3v) is 3.47. The van der Waals surface area contributed by atoms with Crippen molar-refractivity contribution in [3.63, 3.8) is 0 Å². The minimum Gasteiger partial charge on any atom is -0.382 e. The summed E-state index contributed by atoms with van der Waals surface area (Å²) in [6.07, 6.45) is 5.90. The second-order valence-electron chi connectivity index (χ2n) is 4.78. The molecule has 16 heavy (non-hydrogen) atoms. The van der Waals surface area contributed by atoms with E-state index in [0.29, 0.717) is 12.1 Å². The lowest BCUT2D eigenvalue weighted by atomic mass is 9.91. The number of hydrogen-bond acceptors (Lipinski definition) is 2. The van der Waals surface area contributed by atoms with Gasteiger partial charge in [0, 0.05) is 17.8 Å². The lowest BCUT2D eigenvalue weighted by Gasteiger charge is -2.29. The SMILES string of the molecule is CCc1ccccc1NC1CCCC(N)C1. The van der Waals surface area contributed by atoms with Crippen LogP contribution in [0.2, 0.25) is 0 Å². The van der Waals surface area contributed by atoms with Crippen molar-refractivity contribution < 1.29 is 0 Å². The molecule has 1 aliphatic rings. The molecule has 3 N–H and O–H groups in total. The van der Waals surface area contributed by atoms with E-state index in [1.165, 1.54) is 30.5 Å². The highest BCUT2D eigenvalue weighted by Crippen LogP contribution is 2.23. The number of aryl methyl sites for hydroxylation is 1. The predicted octanol–water partition coefficient (Wildman–Crippen LogP) is 2.93. The van der Waals surface area contributed by atoms with E-state index in [9.17, 15) is 0 Å². The maximum Gasteiger partial charge on any atom is 0.0374 e. The van der Waals surface area contributed by atoms with Crippen LogP contribution in [-0.2, 0) is 6.42 Å². The topological polar surface area (TPSA) is 38.0 Å². The maximum atomic E-state index is 6.01. The molecule has 2 unspecified atom stereocenters. The first-order valence-corrected chi connectivity index (χ1v) is 6.39. The summed E-state index contributed by atoms with van der Waals surface area (Å²) in [6.45, 7) is 2.20. The zero-order valence-electron chi connectivity index (χ0n) is 10.1. The summed E-state index contributed by atoms with van der Waals surface area (Å²) in [5.74, 6) is 0. The van der Waals surface area contributed by atoms with Crippen LogP contribution in [0.4, 0.5) is 5.69 Å². The zero-order valence-corrected chi connectivity index (χ0v) is 10.1. The van der Waals surface area contributed by atoms with E-state index in [4.69, 9.17) is 5.73 Å². The fourth-order valence-corrected chi connectivity index (χ4v) is 2.55. The monoisotopic (exact) mass is 218 g/mol. The molecule has 2 heteroatoms. The third kappa shape index (κ3) is 2.76. The van der Waals surface area contributed by atoms with Gasteiger partial charge in [0.2, 0.25) is 0 Å². The Bertz CT molecular complexity index is 335. The van der Waals surface area contributed by atoms with Crippen LogP contribution in [-0.4, -0.2) is 12.1 Å². The molecule has 1 aromatic carbocycles. The molecule has 0 amide bonds. The molecule has 2 atom stereocenters. The van der Waals surface area contributed by atoms with Crippen LogP contribution >= 0.6 is 0 Å². The lowest BCUT2D eigenvalue weighted by molar-refractivity contribution is 0.409. The standard InChI is InChI=1S/C14H22N2/c1-2-11-6-3-4-9-14(11)16-13-8-5-7-12(15)10-13/h3-4,6,9,12-13,16H,2,5,7-8,10,15H2,1H3. The molecule has 0 aliphatic heterocycles. The highest BCUT2D eigenvalue weighted by molar-refractivity contribution is 5.51. The van der Waals surface area contributed by atoms with Gasteiger partial charge in [0.15, 0.2) is 0 Å². The van der Waals surface area contributed by atoms with Crippen molar-refractivity contribution in [3.05, 3.63) is 29.8 Å². The van der Waals surface area contributed by atoms with Crippen molar-refractivity contribution in [2.75, 3.05) is 5.32 Å². The molecule has 1 fully saturated rings. The molecule has 0 radical (unpaired) electrons. The average Bonchev–Trinajstić information content (AvgIpc) is 2.30. The van der Waals surface area contributed by atoms with Crippen molar-refractivity contribution in [1.29, 1.82) is 0 Å². The largest absolute Gasteiger partial charge is 0.382 e. The van der Waals surface area contributed by atoms with Crippen LogP contribution in [0.5, 0.6) is 0 Å². The first-order valence-electron chi connectivity index (χ1n) is 6.39. The van der Waals surface area contributed by atoms with Crippen LogP contribution in [0.1, 0.15) is 38.2 Å². The van der Waals surface area contributed by atoms with E-state index in [2.05, 4.69) is 36.5 Å². The molecule has 1 saturated carbocycles. The van der Waals surface area contributed by atoms with Crippen LogP contribution in [0.3, 0.4) is 0 Å². The normalized spacial score (nSPS) is 25.4. The summed E-state index contributed by atoms with van der Waals surface area (Å²) < 4.78 is 0. The number of hydrogen-bond donors (Lipinski definition) is 2. The van der Waals surface area contributed by atoms with Gasteiger partial charge in [0.05, 0.1) is 0 Å². The van der Waals surface area contributed by atoms with Crippen LogP contribution in [0.25, 0.3) is 0 Å². The Balaban J connectivity index is 2.02. The summed E-state index contributed by atoms with van der Waals surface area (Å²) in [5.41, 5.74) is 8.71. The molecule has 2 rings (SSSR count). The Labute approximate surface area is 98.2 Å². The molecule has 0 saturated heterocycles. The Kier molecular flexibility index (Phi) is 3.83. The first kappa shape index (κ1) is 11.5. The Morgan fingerprint density at radius 3 is 2.88 bits per heavy atom. The highest BCUT2D eigenvalue weighted by Gasteiger charge is 2.19.